The van der Waals surface area contributed by atoms with Gasteiger partial charge in [0.2, 0.25) is 0 Å². The van der Waals surface area contributed by atoms with Gasteiger partial charge < -0.3 is 4.57 Å². The third-order valence-electron chi connectivity index (χ3n) is 2.33. The average molecular weight is 308 g/mol. The molecule has 0 aliphatic heterocycles. The number of nitrogens with zero attached hydrogens (tertiary/aromatic N) is 2. The molecule has 0 N–H and O–H groups in total. The van der Waals surface area contributed by atoms with Crippen molar-refractivity contribution in [2.75, 3.05) is 0 Å². The van der Waals surface area contributed by atoms with Crippen LogP contribution in [-0.4, -0.2) is 4.57 Å². The van der Waals surface area contributed by atoms with Crippen LogP contribution >= 0.6 is 22.6 Å². The molecule has 15 heavy (non-hydrogen) atoms. The van der Waals surface area contributed by atoms with Crippen molar-refractivity contribution in [3.63, 3.8) is 0 Å². The molecule has 0 radical (unpaired) electrons. The number of rotatable bonds is 1. The van der Waals surface area contributed by atoms with Crippen LogP contribution in [0.25, 0.3) is 11.1 Å². The van der Waals surface area contributed by atoms with E-state index in [1.54, 1.807) is 0 Å². The Bertz CT molecular complexity index is 518. The van der Waals surface area contributed by atoms with E-state index in [1.165, 1.54) is 3.57 Å². The van der Waals surface area contributed by atoms with E-state index in [1.807, 2.05) is 48.1 Å². The minimum atomic E-state index is 0.705. The molecule has 0 atom stereocenters. The number of nitriles is 1. The van der Waals surface area contributed by atoms with E-state index in [9.17, 15) is 0 Å². The van der Waals surface area contributed by atoms with Crippen molar-refractivity contribution in [2.45, 2.75) is 0 Å². The molecule has 2 nitrogen and oxygen atoms in total. The molecule has 74 valence electrons. The quantitative estimate of drug-likeness (QED) is 0.744. The topological polar surface area (TPSA) is 28.7 Å². The summed E-state index contributed by atoms with van der Waals surface area (Å²) >= 11 is 2.27. The van der Waals surface area contributed by atoms with E-state index in [-0.39, 0.29) is 0 Å². The van der Waals surface area contributed by atoms with E-state index in [0.717, 1.165) is 11.1 Å². The van der Waals surface area contributed by atoms with Gasteiger partial charge in [0.1, 0.15) is 11.8 Å². The van der Waals surface area contributed by atoms with Crippen LogP contribution in [0.15, 0.2) is 36.5 Å². The van der Waals surface area contributed by atoms with E-state index in [4.69, 9.17) is 5.26 Å². The summed E-state index contributed by atoms with van der Waals surface area (Å²) in [4.78, 5) is 0. The molecule has 0 saturated carbocycles. The molecule has 0 amide bonds. The van der Waals surface area contributed by atoms with Crippen LogP contribution in [-0.2, 0) is 7.05 Å². The van der Waals surface area contributed by atoms with Gasteiger partial charge in [-0.25, -0.2) is 0 Å². The Kier molecular flexibility index (Phi) is 2.78. The predicted octanol–water partition coefficient (Wildman–Crippen LogP) is 3.17. The lowest BCUT2D eigenvalue weighted by Crippen LogP contribution is -1.90. The highest BCUT2D eigenvalue weighted by molar-refractivity contribution is 14.1. The molecule has 0 saturated heterocycles. The molecule has 2 aromatic rings. The fourth-order valence-corrected chi connectivity index (χ4v) is 1.89. The fourth-order valence-electron chi connectivity index (χ4n) is 1.53. The summed E-state index contributed by atoms with van der Waals surface area (Å²) in [6.07, 6.45) is 1.91. The van der Waals surface area contributed by atoms with Crippen molar-refractivity contribution >= 4 is 22.6 Å². The van der Waals surface area contributed by atoms with Crippen LogP contribution < -0.4 is 0 Å². The van der Waals surface area contributed by atoms with Crippen LogP contribution in [0.1, 0.15) is 5.69 Å². The zero-order valence-corrected chi connectivity index (χ0v) is 10.4. The monoisotopic (exact) mass is 308 g/mol. The highest BCUT2D eigenvalue weighted by atomic mass is 127. The lowest BCUT2D eigenvalue weighted by Gasteiger charge is -2.00. The zero-order valence-electron chi connectivity index (χ0n) is 8.24. The first kappa shape index (κ1) is 10.2. The van der Waals surface area contributed by atoms with Gasteiger partial charge in [-0.05, 0) is 46.4 Å². The molecule has 1 heterocycles. The Labute approximate surface area is 102 Å². The fraction of sp³-hybridized carbons (Fsp3) is 0.0833. The summed E-state index contributed by atoms with van der Waals surface area (Å²) in [5.74, 6) is 0. The summed E-state index contributed by atoms with van der Waals surface area (Å²) in [5.41, 5.74) is 2.79. The maximum atomic E-state index is 9.03. The average Bonchev–Trinajstić information content (AvgIpc) is 2.61. The third kappa shape index (κ3) is 1.90. The second-order valence-electron chi connectivity index (χ2n) is 3.31. The highest BCUT2D eigenvalue weighted by Gasteiger charge is 2.07. The Morgan fingerprint density at radius 1 is 1.20 bits per heavy atom. The zero-order chi connectivity index (χ0) is 10.8. The number of hydrogen-bond donors (Lipinski definition) is 0. The van der Waals surface area contributed by atoms with Crippen LogP contribution in [0.2, 0.25) is 0 Å². The first-order chi connectivity index (χ1) is 7.22. The smallest absolute Gasteiger partial charge is 0.127 e. The van der Waals surface area contributed by atoms with Gasteiger partial charge in [0.15, 0.2) is 0 Å². The summed E-state index contributed by atoms with van der Waals surface area (Å²) < 4.78 is 3.04. The van der Waals surface area contributed by atoms with E-state index >= 15 is 0 Å². The Hall–Kier alpha value is -1.28. The van der Waals surface area contributed by atoms with Gasteiger partial charge in [0.05, 0.1) is 0 Å². The second-order valence-corrected chi connectivity index (χ2v) is 4.55. The number of halogens is 1. The van der Waals surface area contributed by atoms with Crippen molar-refractivity contribution in [3.8, 4) is 17.2 Å². The van der Waals surface area contributed by atoms with Gasteiger partial charge in [-0.2, -0.15) is 5.26 Å². The lowest BCUT2D eigenvalue weighted by atomic mass is 10.1. The van der Waals surface area contributed by atoms with E-state index in [2.05, 4.69) is 28.7 Å². The molecule has 0 aliphatic carbocycles. The molecule has 3 heteroatoms. The van der Waals surface area contributed by atoms with Gasteiger partial charge in [-0.1, -0.05) is 12.1 Å². The number of aryl methyl sites for hydroxylation is 1. The predicted molar refractivity (Wildman–Crippen MR) is 68.3 cm³/mol. The molecule has 0 aliphatic rings. The Morgan fingerprint density at radius 2 is 1.87 bits per heavy atom. The van der Waals surface area contributed by atoms with Crippen molar-refractivity contribution in [1.82, 2.24) is 4.57 Å². The standard InChI is InChI=1S/C12H9IN2/c1-15-7-6-11(12(15)8-14)9-2-4-10(13)5-3-9/h2-7H,1H3. The Balaban J connectivity index is 2.55. The van der Waals surface area contributed by atoms with Crippen LogP contribution in [0.4, 0.5) is 0 Å². The van der Waals surface area contributed by atoms with Crippen molar-refractivity contribution in [2.24, 2.45) is 7.05 Å². The van der Waals surface area contributed by atoms with Crippen molar-refractivity contribution < 1.29 is 0 Å². The second kappa shape index (κ2) is 4.07. The molecule has 0 fully saturated rings. The first-order valence-electron chi connectivity index (χ1n) is 4.53. The Morgan fingerprint density at radius 3 is 2.47 bits per heavy atom. The highest BCUT2D eigenvalue weighted by Crippen LogP contribution is 2.24. The largest absolute Gasteiger partial charge is 0.342 e. The maximum Gasteiger partial charge on any atom is 0.127 e. The molecular formula is C12H9IN2. The molecule has 0 unspecified atom stereocenters. The minimum absolute atomic E-state index is 0.705. The van der Waals surface area contributed by atoms with Crippen LogP contribution in [0, 0.1) is 14.9 Å². The molecule has 1 aromatic carbocycles. The van der Waals surface area contributed by atoms with Crippen LogP contribution in [0.5, 0.6) is 0 Å². The van der Waals surface area contributed by atoms with Gasteiger partial charge in [-0.15, -0.1) is 0 Å². The number of hydrogen-bond acceptors (Lipinski definition) is 1. The number of aromatic nitrogens is 1. The summed E-state index contributed by atoms with van der Waals surface area (Å²) in [5, 5.41) is 9.03. The van der Waals surface area contributed by atoms with E-state index in [0.29, 0.717) is 5.69 Å². The third-order valence-corrected chi connectivity index (χ3v) is 3.05. The summed E-state index contributed by atoms with van der Waals surface area (Å²) in [6, 6.07) is 12.4. The minimum Gasteiger partial charge on any atom is -0.342 e. The van der Waals surface area contributed by atoms with Gasteiger partial charge >= 0.3 is 0 Å². The summed E-state index contributed by atoms with van der Waals surface area (Å²) in [6.45, 7) is 0. The van der Waals surface area contributed by atoms with Crippen molar-refractivity contribution in [1.29, 1.82) is 5.26 Å². The van der Waals surface area contributed by atoms with Crippen LogP contribution in [0.3, 0.4) is 0 Å². The summed E-state index contributed by atoms with van der Waals surface area (Å²) in [7, 11) is 1.88. The SMILES string of the molecule is Cn1ccc(-c2ccc(I)cc2)c1C#N. The molecule has 0 bridgehead atoms. The van der Waals surface area contributed by atoms with Gasteiger partial charge in [-0.3, -0.25) is 0 Å². The normalized spacial score (nSPS) is 9.93. The molecule has 2 rings (SSSR count). The van der Waals surface area contributed by atoms with Gasteiger partial charge in [0.25, 0.3) is 0 Å². The molecule has 1 aromatic heterocycles. The molecule has 0 spiro atoms. The first-order valence-corrected chi connectivity index (χ1v) is 5.61. The maximum absolute atomic E-state index is 9.03. The van der Waals surface area contributed by atoms with E-state index < -0.39 is 0 Å². The molecular weight excluding hydrogens is 299 g/mol. The van der Waals surface area contributed by atoms with Gasteiger partial charge in [0, 0.05) is 22.4 Å². The van der Waals surface area contributed by atoms with Crippen molar-refractivity contribution in [3.05, 3.63) is 45.8 Å². The number of benzene rings is 1. The lowest BCUT2D eigenvalue weighted by molar-refractivity contribution is 0.909.